The normalized spacial score (nSPS) is 17.0. The smallest absolute Gasteiger partial charge is 0.0822 e. The van der Waals surface area contributed by atoms with E-state index < -0.39 is 0 Å². The molecule has 2 aliphatic rings. The van der Waals surface area contributed by atoms with Gasteiger partial charge in [0.15, 0.2) is 0 Å². The van der Waals surface area contributed by atoms with Gasteiger partial charge in [0, 0.05) is 13.1 Å². The molecule has 0 amide bonds. The third-order valence-electron chi connectivity index (χ3n) is 8.01. The van der Waals surface area contributed by atoms with E-state index in [0.717, 1.165) is 58.2 Å². The number of hydrogen-bond acceptors (Lipinski definition) is 2. The van der Waals surface area contributed by atoms with Gasteiger partial charge in [-0.25, -0.2) is 0 Å². The number of benzene rings is 3. The largest absolute Gasteiger partial charge is 0.303 e. The molecule has 0 aromatic heterocycles. The Morgan fingerprint density at radius 3 is 1.94 bits per heavy atom. The van der Waals surface area contributed by atoms with Crippen molar-refractivity contribution in [1.29, 1.82) is 5.26 Å². The van der Waals surface area contributed by atoms with Crippen molar-refractivity contribution in [2.45, 2.75) is 50.9 Å². The molecule has 182 valence electrons. The van der Waals surface area contributed by atoms with Gasteiger partial charge >= 0.3 is 0 Å². The van der Waals surface area contributed by atoms with Crippen molar-refractivity contribution >= 4 is 17.7 Å². The number of nitriles is 1. The Hall–Kier alpha value is -3.41. The van der Waals surface area contributed by atoms with Gasteiger partial charge in [0.25, 0.3) is 0 Å². The Morgan fingerprint density at radius 1 is 0.778 bits per heavy atom. The van der Waals surface area contributed by atoms with Gasteiger partial charge in [-0.3, -0.25) is 0 Å². The first kappa shape index (κ1) is 24.3. The Bertz CT molecular complexity index is 1230. The average Bonchev–Trinajstić information content (AvgIpc) is 3.10. The van der Waals surface area contributed by atoms with E-state index in [9.17, 15) is 5.26 Å². The minimum atomic E-state index is -0.361. The van der Waals surface area contributed by atoms with Crippen LogP contribution in [-0.4, -0.2) is 24.5 Å². The number of rotatable bonds is 7. The fourth-order valence-corrected chi connectivity index (χ4v) is 6.12. The summed E-state index contributed by atoms with van der Waals surface area (Å²) in [6.07, 6.45) is 10.7. The molecule has 1 heterocycles. The van der Waals surface area contributed by atoms with Crippen molar-refractivity contribution < 1.29 is 0 Å². The molecule has 0 saturated carbocycles. The van der Waals surface area contributed by atoms with Gasteiger partial charge in [-0.05, 0) is 72.0 Å². The fourth-order valence-electron chi connectivity index (χ4n) is 6.12. The van der Waals surface area contributed by atoms with Gasteiger partial charge in [-0.2, -0.15) is 5.26 Å². The summed E-state index contributed by atoms with van der Waals surface area (Å²) in [6.45, 7) is 5.44. The molecule has 0 N–H and O–H groups in total. The van der Waals surface area contributed by atoms with Crippen LogP contribution in [-0.2, 0) is 5.41 Å². The van der Waals surface area contributed by atoms with Crippen LogP contribution in [0.1, 0.15) is 73.3 Å². The highest BCUT2D eigenvalue weighted by atomic mass is 15.1. The number of likely N-dealkylation sites (tertiary alicyclic amines) is 1. The summed E-state index contributed by atoms with van der Waals surface area (Å²) >= 11 is 0. The minimum Gasteiger partial charge on any atom is -0.303 e. The second-order valence-electron chi connectivity index (χ2n) is 10.2. The minimum absolute atomic E-state index is 0.361. The zero-order valence-corrected chi connectivity index (χ0v) is 21.4. The van der Waals surface area contributed by atoms with Crippen LogP contribution in [0.2, 0.25) is 0 Å². The number of fused-ring (bicyclic) bond motifs is 2. The molecule has 0 spiro atoms. The van der Waals surface area contributed by atoms with Crippen LogP contribution in [0.4, 0.5) is 0 Å². The number of piperidine rings is 1. The molecule has 1 unspecified atom stereocenters. The molecule has 1 aliphatic carbocycles. The van der Waals surface area contributed by atoms with Gasteiger partial charge < -0.3 is 4.90 Å². The summed E-state index contributed by atoms with van der Waals surface area (Å²) < 4.78 is 0. The molecule has 3 aromatic rings. The molecule has 0 radical (unpaired) electrons. The molecule has 1 atom stereocenters. The maximum absolute atomic E-state index is 10.2. The lowest BCUT2D eigenvalue weighted by molar-refractivity contribution is 0.244. The maximum atomic E-state index is 10.2. The van der Waals surface area contributed by atoms with E-state index in [1.807, 2.05) is 6.07 Å². The zero-order valence-electron chi connectivity index (χ0n) is 21.4. The predicted molar refractivity (Wildman–Crippen MR) is 151 cm³/mol. The van der Waals surface area contributed by atoms with Crippen molar-refractivity contribution in [2.24, 2.45) is 0 Å². The Balaban J connectivity index is 1.30. The van der Waals surface area contributed by atoms with Crippen molar-refractivity contribution in [3.8, 4) is 6.07 Å². The second kappa shape index (κ2) is 11.1. The van der Waals surface area contributed by atoms with Crippen molar-refractivity contribution in [3.63, 3.8) is 0 Å². The highest BCUT2D eigenvalue weighted by Gasteiger charge is 2.31. The van der Waals surface area contributed by atoms with E-state index in [0.29, 0.717) is 0 Å². The molecule has 2 nitrogen and oxygen atoms in total. The van der Waals surface area contributed by atoms with Crippen molar-refractivity contribution in [3.05, 3.63) is 112 Å². The predicted octanol–water partition coefficient (Wildman–Crippen LogP) is 8.11. The topological polar surface area (TPSA) is 27.0 Å². The lowest BCUT2D eigenvalue weighted by Gasteiger charge is -2.32. The summed E-state index contributed by atoms with van der Waals surface area (Å²) in [5, 5.41) is 10.2. The van der Waals surface area contributed by atoms with E-state index in [1.54, 1.807) is 5.57 Å². The first-order valence-corrected chi connectivity index (χ1v) is 13.5. The summed E-state index contributed by atoms with van der Waals surface area (Å²) in [4.78, 5) is 2.61. The van der Waals surface area contributed by atoms with Crippen LogP contribution in [0, 0.1) is 11.3 Å². The molecule has 3 aromatic carbocycles. The van der Waals surface area contributed by atoms with E-state index in [-0.39, 0.29) is 5.41 Å². The number of hydrogen-bond donors (Lipinski definition) is 0. The molecular weight excluding hydrogens is 436 g/mol. The van der Waals surface area contributed by atoms with E-state index in [2.05, 4.69) is 103 Å². The first-order valence-electron chi connectivity index (χ1n) is 13.5. The third kappa shape index (κ3) is 4.95. The Labute approximate surface area is 216 Å². The molecule has 1 aliphatic heterocycles. The van der Waals surface area contributed by atoms with Crippen LogP contribution in [0.5, 0.6) is 0 Å². The van der Waals surface area contributed by atoms with E-state index in [1.165, 1.54) is 33.4 Å². The summed E-state index contributed by atoms with van der Waals surface area (Å²) in [6, 6.07) is 30.8. The first-order chi connectivity index (χ1) is 17.7. The molecule has 1 fully saturated rings. The summed E-state index contributed by atoms with van der Waals surface area (Å²) in [7, 11) is 0. The van der Waals surface area contributed by atoms with Gasteiger partial charge in [0.05, 0.1) is 11.5 Å². The molecule has 2 heteroatoms. The molecule has 36 heavy (non-hydrogen) atoms. The van der Waals surface area contributed by atoms with Gasteiger partial charge in [0.1, 0.15) is 0 Å². The Morgan fingerprint density at radius 2 is 1.36 bits per heavy atom. The SMILES string of the molecule is CCCC(C#N)(CCCN1CCC(=C2c3ccccc3C=Cc3ccccc32)CC1)c1ccccc1. The summed E-state index contributed by atoms with van der Waals surface area (Å²) in [5.74, 6) is 0. The van der Waals surface area contributed by atoms with Crippen LogP contribution in [0.15, 0.2) is 84.4 Å². The monoisotopic (exact) mass is 472 g/mol. The molecule has 0 bridgehead atoms. The third-order valence-corrected chi connectivity index (χ3v) is 8.01. The lowest BCUT2D eigenvalue weighted by Crippen LogP contribution is -2.33. The van der Waals surface area contributed by atoms with Crippen LogP contribution >= 0.6 is 0 Å². The van der Waals surface area contributed by atoms with Crippen LogP contribution in [0.3, 0.4) is 0 Å². The van der Waals surface area contributed by atoms with Crippen molar-refractivity contribution in [2.75, 3.05) is 19.6 Å². The summed E-state index contributed by atoms with van der Waals surface area (Å²) in [5.41, 5.74) is 9.19. The average molecular weight is 473 g/mol. The van der Waals surface area contributed by atoms with Gasteiger partial charge in [-0.15, -0.1) is 0 Å². The molecule has 5 rings (SSSR count). The second-order valence-corrected chi connectivity index (χ2v) is 10.2. The zero-order chi connectivity index (χ0) is 24.8. The maximum Gasteiger partial charge on any atom is 0.0822 e. The Kier molecular flexibility index (Phi) is 7.49. The lowest BCUT2D eigenvalue weighted by atomic mass is 9.74. The highest BCUT2D eigenvalue weighted by molar-refractivity contribution is 5.94. The highest BCUT2D eigenvalue weighted by Crippen LogP contribution is 2.39. The van der Waals surface area contributed by atoms with Gasteiger partial charge in [0.2, 0.25) is 0 Å². The van der Waals surface area contributed by atoms with E-state index >= 15 is 0 Å². The number of nitrogens with zero attached hydrogens (tertiary/aromatic N) is 2. The van der Waals surface area contributed by atoms with Crippen LogP contribution < -0.4 is 0 Å². The van der Waals surface area contributed by atoms with E-state index in [4.69, 9.17) is 0 Å². The molecule has 1 saturated heterocycles. The van der Waals surface area contributed by atoms with Crippen LogP contribution in [0.25, 0.3) is 17.7 Å². The van der Waals surface area contributed by atoms with Gasteiger partial charge in [-0.1, -0.05) is 110 Å². The quantitative estimate of drug-likeness (QED) is 0.272. The van der Waals surface area contributed by atoms with Crippen molar-refractivity contribution in [1.82, 2.24) is 4.90 Å². The fraction of sp³-hybridized carbons (Fsp3) is 0.324. The molecular formula is C34H36N2. The standard InChI is InChI=1S/C34H36N2/c1-2-21-34(26-35,30-13-4-3-5-14-30)22-10-23-36-24-19-29(20-25-36)33-31-15-8-6-11-27(31)17-18-28-12-7-9-16-32(28)33/h3-9,11-18H,2,10,19-25H2,1H3.